The summed E-state index contributed by atoms with van der Waals surface area (Å²) in [6, 6.07) is 7.54. The average Bonchev–Trinajstić information content (AvgIpc) is 2.49. The van der Waals surface area contributed by atoms with Crippen LogP contribution in [0.5, 0.6) is 0 Å². The fourth-order valence-electron chi connectivity index (χ4n) is 2.46. The molecule has 0 unspecified atom stereocenters. The van der Waals surface area contributed by atoms with Crippen molar-refractivity contribution in [3.63, 3.8) is 0 Å². The van der Waals surface area contributed by atoms with E-state index in [0.29, 0.717) is 10.6 Å². The number of unbranched alkanes of at least 4 members (excludes halogenated alkanes) is 7. The van der Waals surface area contributed by atoms with Crippen LogP contribution in [0, 0.1) is 0 Å². The number of amides is 1. The number of hydrogen-bond donors (Lipinski definition) is 1. The van der Waals surface area contributed by atoms with Gasteiger partial charge in [-0.25, -0.2) is 5.06 Å². The van der Waals surface area contributed by atoms with Gasteiger partial charge in [0, 0.05) is 12.6 Å². The lowest BCUT2D eigenvalue weighted by Crippen LogP contribution is -2.22. The van der Waals surface area contributed by atoms with Gasteiger partial charge < -0.3 is 0 Å². The molecule has 0 saturated carbocycles. The van der Waals surface area contributed by atoms with E-state index in [1.165, 1.54) is 64.0 Å². The van der Waals surface area contributed by atoms with Crippen molar-refractivity contribution < 1.29 is 10.0 Å². The zero-order valence-corrected chi connectivity index (χ0v) is 13.5. The topological polar surface area (TPSA) is 40.5 Å². The molecule has 1 aromatic rings. The first-order valence-electron chi connectivity index (χ1n) is 8.21. The number of nitrogens with zero attached hydrogens (tertiary/aromatic N) is 1. The number of hydrogen-bond acceptors (Lipinski definition) is 2. The standard InChI is InChI=1S/C18H29NO2/c1-3-4-5-6-7-8-9-10-11-16-12-14-17(15-13-16)18(20)19(2)21/h12-15,21H,3-11H2,1-2H3. The second-order valence-electron chi connectivity index (χ2n) is 5.75. The molecule has 3 heteroatoms. The van der Waals surface area contributed by atoms with Gasteiger partial charge in [0.05, 0.1) is 0 Å². The van der Waals surface area contributed by atoms with E-state index >= 15 is 0 Å². The van der Waals surface area contributed by atoms with Crippen LogP contribution in [0.4, 0.5) is 0 Å². The Kier molecular flexibility index (Phi) is 8.76. The summed E-state index contributed by atoms with van der Waals surface area (Å²) < 4.78 is 0. The maximum absolute atomic E-state index is 11.5. The highest BCUT2D eigenvalue weighted by Crippen LogP contribution is 2.12. The Morgan fingerprint density at radius 3 is 2.00 bits per heavy atom. The summed E-state index contributed by atoms with van der Waals surface area (Å²) in [6.07, 6.45) is 11.7. The summed E-state index contributed by atoms with van der Waals surface area (Å²) in [5.74, 6) is -0.367. The van der Waals surface area contributed by atoms with Crippen molar-refractivity contribution in [2.75, 3.05) is 7.05 Å². The van der Waals surface area contributed by atoms with Crippen LogP contribution >= 0.6 is 0 Å². The Labute approximate surface area is 128 Å². The highest BCUT2D eigenvalue weighted by molar-refractivity contribution is 5.93. The normalized spacial score (nSPS) is 10.6. The maximum atomic E-state index is 11.5. The molecule has 0 radical (unpaired) electrons. The molecule has 0 bridgehead atoms. The van der Waals surface area contributed by atoms with Crippen LogP contribution in [0.25, 0.3) is 0 Å². The van der Waals surface area contributed by atoms with Crippen molar-refractivity contribution in [3.8, 4) is 0 Å². The molecular weight excluding hydrogens is 262 g/mol. The van der Waals surface area contributed by atoms with Gasteiger partial charge in [0.15, 0.2) is 0 Å². The van der Waals surface area contributed by atoms with Crippen LogP contribution in [-0.2, 0) is 6.42 Å². The lowest BCUT2D eigenvalue weighted by Gasteiger charge is -2.08. The molecule has 0 saturated heterocycles. The second kappa shape index (κ2) is 10.4. The van der Waals surface area contributed by atoms with E-state index in [1.54, 1.807) is 12.1 Å². The Balaban J connectivity index is 2.17. The van der Waals surface area contributed by atoms with Gasteiger partial charge >= 0.3 is 0 Å². The highest BCUT2D eigenvalue weighted by atomic mass is 16.5. The molecule has 0 aromatic heterocycles. The van der Waals surface area contributed by atoms with Gasteiger partial charge in [0.25, 0.3) is 5.91 Å². The van der Waals surface area contributed by atoms with Crippen LogP contribution in [0.15, 0.2) is 24.3 Å². The number of aryl methyl sites for hydroxylation is 1. The number of carbonyl (C=O) groups is 1. The maximum Gasteiger partial charge on any atom is 0.276 e. The summed E-state index contributed by atoms with van der Waals surface area (Å²) in [6.45, 7) is 2.25. The minimum absolute atomic E-state index is 0.367. The third-order valence-electron chi connectivity index (χ3n) is 3.81. The lowest BCUT2D eigenvalue weighted by atomic mass is 10.0. The summed E-state index contributed by atoms with van der Waals surface area (Å²) in [4.78, 5) is 11.5. The van der Waals surface area contributed by atoms with Crippen molar-refractivity contribution in [1.82, 2.24) is 5.06 Å². The van der Waals surface area contributed by atoms with Gasteiger partial charge in [-0.1, -0.05) is 64.0 Å². The predicted octanol–water partition coefficient (Wildman–Crippen LogP) is 4.83. The molecule has 1 amide bonds. The minimum atomic E-state index is -0.367. The van der Waals surface area contributed by atoms with Crippen LogP contribution in [-0.4, -0.2) is 23.2 Å². The first kappa shape index (κ1) is 17.7. The molecule has 1 aromatic carbocycles. The Hall–Kier alpha value is -1.35. The fraction of sp³-hybridized carbons (Fsp3) is 0.611. The van der Waals surface area contributed by atoms with E-state index in [4.69, 9.17) is 5.21 Å². The third-order valence-corrected chi connectivity index (χ3v) is 3.81. The first-order chi connectivity index (χ1) is 10.1. The van der Waals surface area contributed by atoms with Crippen molar-refractivity contribution >= 4 is 5.91 Å². The summed E-state index contributed by atoms with van der Waals surface area (Å²) in [5, 5.41) is 9.72. The van der Waals surface area contributed by atoms with Gasteiger partial charge in [0.1, 0.15) is 0 Å². The van der Waals surface area contributed by atoms with E-state index in [1.807, 2.05) is 12.1 Å². The van der Waals surface area contributed by atoms with E-state index < -0.39 is 0 Å². The van der Waals surface area contributed by atoms with Gasteiger partial charge in [-0.2, -0.15) is 0 Å². The van der Waals surface area contributed by atoms with Crippen molar-refractivity contribution in [2.45, 2.75) is 64.7 Å². The lowest BCUT2D eigenvalue weighted by molar-refractivity contribution is -0.0374. The van der Waals surface area contributed by atoms with Gasteiger partial charge in [-0.05, 0) is 30.5 Å². The van der Waals surface area contributed by atoms with Crippen LogP contribution in [0.3, 0.4) is 0 Å². The van der Waals surface area contributed by atoms with Crippen LogP contribution in [0.1, 0.15) is 74.2 Å². The SMILES string of the molecule is CCCCCCCCCCc1ccc(C(=O)N(C)O)cc1. The highest BCUT2D eigenvalue weighted by Gasteiger charge is 2.08. The van der Waals surface area contributed by atoms with Gasteiger partial charge in [0.2, 0.25) is 0 Å². The quantitative estimate of drug-likeness (QED) is 0.381. The Morgan fingerprint density at radius 2 is 1.48 bits per heavy atom. The van der Waals surface area contributed by atoms with Crippen molar-refractivity contribution in [3.05, 3.63) is 35.4 Å². The molecule has 0 spiro atoms. The van der Waals surface area contributed by atoms with E-state index in [-0.39, 0.29) is 5.91 Å². The number of benzene rings is 1. The molecule has 1 rings (SSSR count). The van der Waals surface area contributed by atoms with E-state index in [0.717, 1.165) is 6.42 Å². The molecule has 0 aliphatic rings. The molecule has 0 aliphatic carbocycles. The third kappa shape index (κ3) is 7.28. The molecule has 3 nitrogen and oxygen atoms in total. The monoisotopic (exact) mass is 291 g/mol. The fourth-order valence-corrected chi connectivity index (χ4v) is 2.46. The molecule has 118 valence electrons. The number of rotatable bonds is 10. The molecule has 0 fully saturated rings. The Morgan fingerprint density at radius 1 is 0.952 bits per heavy atom. The first-order valence-corrected chi connectivity index (χ1v) is 8.21. The van der Waals surface area contributed by atoms with Gasteiger partial charge in [-0.15, -0.1) is 0 Å². The molecule has 0 heterocycles. The second-order valence-corrected chi connectivity index (χ2v) is 5.75. The zero-order chi connectivity index (χ0) is 15.5. The average molecular weight is 291 g/mol. The molecule has 0 atom stereocenters. The van der Waals surface area contributed by atoms with Gasteiger partial charge in [-0.3, -0.25) is 10.0 Å². The molecular formula is C18H29NO2. The number of carbonyl (C=O) groups excluding carboxylic acids is 1. The molecule has 21 heavy (non-hydrogen) atoms. The van der Waals surface area contributed by atoms with Crippen LogP contribution < -0.4 is 0 Å². The molecule has 0 aliphatic heterocycles. The summed E-state index contributed by atoms with van der Waals surface area (Å²) in [7, 11) is 1.34. The van der Waals surface area contributed by atoms with E-state index in [2.05, 4.69) is 6.92 Å². The smallest absolute Gasteiger partial charge is 0.276 e. The largest absolute Gasteiger partial charge is 0.286 e. The van der Waals surface area contributed by atoms with Crippen molar-refractivity contribution in [1.29, 1.82) is 0 Å². The van der Waals surface area contributed by atoms with Crippen LogP contribution in [0.2, 0.25) is 0 Å². The zero-order valence-electron chi connectivity index (χ0n) is 13.5. The predicted molar refractivity (Wildman–Crippen MR) is 86.6 cm³/mol. The molecule has 1 N–H and O–H groups in total. The Bertz CT molecular complexity index is 398. The van der Waals surface area contributed by atoms with Crippen molar-refractivity contribution in [2.24, 2.45) is 0 Å². The summed E-state index contributed by atoms with van der Waals surface area (Å²) >= 11 is 0. The summed E-state index contributed by atoms with van der Waals surface area (Å²) in [5.41, 5.74) is 1.79. The number of hydroxylamine groups is 2. The minimum Gasteiger partial charge on any atom is -0.286 e. The van der Waals surface area contributed by atoms with E-state index in [9.17, 15) is 4.79 Å².